The summed E-state index contributed by atoms with van der Waals surface area (Å²) in [6.07, 6.45) is 5.34. The molecule has 0 saturated heterocycles. The van der Waals surface area contributed by atoms with Crippen molar-refractivity contribution in [3.63, 3.8) is 0 Å². The van der Waals surface area contributed by atoms with Crippen molar-refractivity contribution in [1.82, 2.24) is 10.6 Å². The van der Waals surface area contributed by atoms with Crippen molar-refractivity contribution in [2.75, 3.05) is 11.4 Å². The highest BCUT2D eigenvalue weighted by Gasteiger charge is 2.36. The second-order valence-corrected chi connectivity index (χ2v) is 8.60. The average Bonchev–Trinajstić information content (AvgIpc) is 3.60. The Morgan fingerprint density at radius 1 is 1.03 bits per heavy atom. The van der Waals surface area contributed by atoms with Crippen molar-refractivity contribution in [2.24, 2.45) is 0 Å². The van der Waals surface area contributed by atoms with Gasteiger partial charge in [0, 0.05) is 11.7 Å². The van der Waals surface area contributed by atoms with E-state index >= 15 is 0 Å². The van der Waals surface area contributed by atoms with Crippen LogP contribution in [0, 0.1) is 13.8 Å². The van der Waals surface area contributed by atoms with E-state index in [4.69, 9.17) is 8.83 Å². The Morgan fingerprint density at radius 2 is 1.76 bits per heavy atom. The molecule has 0 bridgehead atoms. The number of carbonyl (C=O) groups excluding carboxylic acids is 3. The van der Waals surface area contributed by atoms with Crippen molar-refractivity contribution < 1.29 is 23.2 Å². The largest absolute Gasteiger partial charge is 0.464 e. The maximum Gasteiger partial charge on any atom is 0.287 e. The minimum absolute atomic E-state index is 0.0692. The van der Waals surface area contributed by atoms with Gasteiger partial charge >= 0.3 is 0 Å². The van der Waals surface area contributed by atoms with Crippen molar-refractivity contribution in [3.8, 4) is 0 Å². The summed E-state index contributed by atoms with van der Waals surface area (Å²) in [5.74, 6) is -0.179. The molecule has 34 heavy (non-hydrogen) atoms. The summed E-state index contributed by atoms with van der Waals surface area (Å²) < 4.78 is 10.9. The predicted octanol–water partition coefficient (Wildman–Crippen LogP) is 4.05. The molecule has 0 spiro atoms. The molecule has 1 aromatic carbocycles. The van der Waals surface area contributed by atoms with Gasteiger partial charge in [-0.05, 0) is 63.1 Å². The van der Waals surface area contributed by atoms with Gasteiger partial charge in [0.15, 0.2) is 11.8 Å². The Kier molecular flexibility index (Phi) is 7.15. The highest BCUT2D eigenvalue weighted by molar-refractivity contribution is 6.04. The molecular weight excluding hydrogens is 434 g/mol. The van der Waals surface area contributed by atoms with E-state index < -0.39 is 17.9 Å². The van der Waals surface area contributed by atoms with E-state index in [0.29, 0.717) is 17.2 Å². The van der Waals surface area contributed by atoms with E-state index in [0.717, 1.165) is 31.2 Å². The average molecular weight is 464 g/mol. The van der Waals surface area contributed by atoms with Crippen molar-refractivity contribution >= 4 is 23.4 Å². The van der Waals surface area contributed by atoms with Crippen LogP contribution in [-0.2, 0) is 9.59 Å². The van der Waals surface area contributed by atoms with Crippen LogP contribution in [0.25, 0.3) is 0 Å². The fourth-order valence-corrected chi connectivity index (χ4v) is 4.20. The third-order valence-corrected chi connectivity index (χ3v) is 5.96. The zero-order chi connectivity index (χ0) is 24.1. The van der Waals surface area contributed by atoms with E-state index in [1.807, 2.05) is 19.1 Å². The van der Waals surface area contributed by atoms with Gasteiger partial charge in [0.2, 0.25) is 5.91 Å². The first-order valence-electron chi connectivity index (χ1n) is 11.5. The molecule has 1 saturated carbocycles. The van der Waals surface area contributed by atoms with E-state index in [1.54, 1.807) is 37.3 Å². The summed E-state index contributed by atoms with van der Waals surface area (Å²) in [5.41, 5.74) is 1.55. The van der Waals surface area contributed by atoms with Gasteiger partial charge in [0.25, 0.3) is 11.8 Å². The molecule has 8 heteroatoms. The maximum absolute atomic E-state index is 13.6. The van der Waals surface area contributed by atoms with Gasteiger partial charge in [0.05, 0.1) is 12.8 Å². The number of benzene rings is 1. The molecule has 3 amide bonds. The lowest BCUT2D eigenvalue weighted by Gasteiger charge is -2.31. The summed E-state index contributed by atoms with van der Waals surface area (Å²) in [6.45, 7) is 3.41. The molecule has 3 aromatic rings. The van der Waals surface area contributed by atoms with Crippen molar-refractivity contribution in [2.45, 2.75) is 51.6 Å². The first-order valence-corrected chi connectivity index (χ1v) is 11.5. The fourth-order valence-electron chi connectivity index (χ4n) is 4.20. The highest BCUT2D eigenvalue weighted by Crippen LogP contribution is 2.30. The molecule has 1 fully saturated rings. The third-order valence-electron chi connectivity index (χ3n) is 5.96. The number of hydrogen-bond donors (Lipinski definition) is 2. The van der Waals surface area contributed by atoms with Crippen LogP contribution in [0.5, 0.6) is 0 Å². The van der Waals surface area contributed by atoms with Crippen LogP contribution >= 0.6 is 0 Å². The number of amides is 3. The Labute approximate surface area is 198 Å². The van der Waals surface area contributed by atoms with Crippen LogP contribution in [-0.4, -0.2) is 30.3 Å². The minimum atomic E-state index is -1.02. The molecule has 0 unspecified atom stereocenters. The maximum atomic E-state index is 13.6. The second kappa shape index (κ2) is 10.4. The molecule has 1 aliphatic carbocycles. The molecule has 2 heterocycles. The zero-order valence-corrected chi connectivity index (χ0v) is 19.4. The number of hydrogen-bond acceptors (Lipinski definition) is 5. The summed E-state index contributed by atoms with van der Waals surface area (Å²) in [7, 11) is 0. The molecule has 0 radical (unpaired) electrons. The predicted molar refractivity (Wildman–Crippen MR) is 126 cm³/mol. The quantitative estimate of drug-likeness (QED) is 0.524. The molecule has 0 aliphatic heterocycles. The van der Waals surface area contributed by atoms with E-state index in [1.165, 1.54) is 17.2 Å². The van der Waals surface area contributed by atoms with E-state index in [-0.39, 0.29) is 24.3 Å². The number of carbonyl (C=O) groups is 3. The van der Waals surface area contributed by atoms with Crippen molar-refractivity contribution in [3.05, 3.63) is 77.6 Å². The number of anilines is 1. The lowest BCUT2D eigenvalue weighted by Crippen LogP contribution is -2.49. The molecular formula is C26H29N3O5. The molecule has 1 aliphatic rings. The first-order chi connectivity index (χ1) is 16.4. The van der Waals surface area contributed by atoms with Gasteiger partial charge < -0.3 is 19.5 Å². The Morgan fingerprint density at radius 3 is 2.38 bits per heavy atom. The van der Waals surface area contributed by atoms with E-state index in [2.05, 4.69) is 10.6 Å². The van der Waals surface area contributed by atoms with Gasteiger partial charge in [-0.1, -0.05) is 30.5 Å². The number of furan rings is 2. The molecule has 2 aromatic heterocycles. The smallest absolute Gasteiger partial charge is 0.287 e. The summed E-state index contributed by atoms with van der Waals surface area (Å²) in [5, 5.41) is 5.68. The fraction of sp³-hybridized carbons (Fsp3) is 0.346. The topological polar surface area (TPSA) is 105 Å². The standard InChI is InChI=1S/C26H29N3O5/c1-17-9-12-20(13-10-17)29(23(30)16-27-25(31)22-8-5-15-33-22)24(21-14-11-18(2)34-21)26(32)28-19-6-3-4-7-19/h5,8-15,19,24H,3-4,6-7,16H2,1-2H3,(H,27,31)(H,28,32)/t24-/m1/s1. The Hall–Kier alpha value is -3.81. The Bertz CT molecular complexity index is 1130. The van der Waals surface area contributed by atoms with Gasteiger partial charge in [-0.2, -0.15) is 0 Å². The van der Waals surface area contributed by atoms with Gasteiger partial charge in [0.1, 0.15) is 11.5 Å². The van der Waals surface area contributed by atoms with Crippen LogP contribution < -0.4 is 15.5 Å². The summed E-state index contributed by atoms with van der Waals surface area (Å²) >= 11 is 0. The normalized spacial score (nSPS) is 14.5. The van der Waals surface area contributed by atoms with E-state index in [9.17, 15) is 14.4 Å². The lowest BCUT2D eigenvalue weighted by molar-refractivity contribution is -0.127. The Balaban J connectivity index is 1.65. The van der Waals surface area contributed by atoms with Crippen LogP contribution in [0.15, 0.2) is 63.6 Å². The number of aryl methyl sites for hydroxylation is 2. The van der Waals surface area contributed by atoms with Crippen LogP contribution in [0.3, 0.4) is 0 Å². The summed E-state index contributed by atoms with van der Waals surface area (Å²) in [4.78, 5) is 40.8. The first kappa shape index (κ1) is 23.4. The summed E-state index contributed by atoms with van der Waals surface area (Å²) in [6, 6.07) is 12.9. The third kappa shape index (κ3) is 5.39. The number of rotatable bonds is 8. The number of nitrogens with zero attached hydrogens (tertiary/aromatic N) is 1. The molecule has 2 N–H and O–H groups in total. The van der Waals surface area contributed by atoms with Gasteiger partial charge in [-0.25, -0.2) is 0 Å². The lowest BCUT2D eigenvalue weighted by atomic mass is 10.1. The molecule has 1 atom stereocenters. The van der Waals surface area contributed by atoms with Crippen LogP contribution in [0.2, 0.25) is 0 Å². The second-order valence-electron chi connectivity index (χ2n) is 8.60. The molecule has 4 rings (SSSR count). The zero-order valence-electron chi connectivity index (χ0n) is 19.4. The van der Waals surface area contributed by atoms with Crippen molar-refractivity contribution in [1.29, 1.82) is 0 Å². The molecule has 178 valence electrons. The van der Waals surface area contributed by atoms with Crippen LogP contribution in [0.4, 0.5) is 5.69 Å². The minimum Gasteiger partial charge on any atom is -0.464 e. The van der Waals surface area contributed by atoms with Crippen LogP contribution in [0.1, 0.15) is 59.4 Å². The molecule has 8 nitrogen and oxygen atoms in total. The van der Waals surface area contributed by atoms with Gasteiger partial charge in [-0.3, -0.25) is 19.3 Å². The monoisotopic (exact) mass is 463 g/mol. The van der Waals surface area contributed by atoms with Gasteiger partial charge in [-0.15, -0.1) is 0 Å². The highest BCUT2D eigenvalue weighted by atomic mass is 16.3. The number of nitrogens with one attached hydrogen (secondary N) is 2. The SMILES string of the molecule is Cc1ccc(N(C(=O)CNC(=O)c2ccco2)[C@@H](C(=O)NC2CCCC2)c2ccc(C)o2)cc1.